The summed E-state index contributed by atoms with van der Waals surface area (Å²) in [5, 5.41) is 0. The monoisotopic (exact) mass is 550 g/mol. The highest BCUT2D eigenvalue weighted by atomic mass is 19.1. The van der Waals surface area contributed by atoms with E-state index in [9.17, 15) is 9.59 Å². The molecular formula is C34H47FN2O3. The Morgan fingerprint density at radius 2 is 1.77 bits per heavy atom. The number of nitrogens with zero attached hydrogens (tertiary/aromatic N) is 2. The Hall–Kier alpha value is -1.98. The number of alkyl halides is 1. The van der Waals surface area contributed by atoms with E-state index in [1.165, 1.54) is 0 Å². The number of ketones is 1. The first-order chi connectivity index (χ1) is 18.7. The minimum absolute atomic E-state index is 0.0608. The van der Waals surface area contributed by atoms with Crippen LogP contribution in [-0.2, 0) is 14.3 Å². The highest BCUT2D eigenvalue weighted by Gasteiger charge is 2.84. The van der Waals surface area contributed by atoms with Crippen LogP contribution in [0.2, 0.25) is 0 Å². The number of carbonyl (C=O) groups excluding carboxylic acids is 2. The molecule has 1 aromatic rings. The average Bonchev–Trinajstić information content (AvgIpc) is 3.47. The molecule has 6 aliphatic rings. The summed E-state index contributed by atoms with van der Waals surface area (Å²) in [4.78, 5) is 31.9. The van der Waals surface area contributed by atoms with Crippen LogP contribution in [0.1, 0.15) is 99.8 Å². The van der Waals surface area contributed by atoms with E-state index in [1.54, 1.807) is 12.5 Å². The van der Waals surface area contributed by atoms with E-state index < -0.39 is 28.0 Å². The first-order valence-electron chi connectivity index (χ1n) is 15.8. The van der Waals surface area contributed by atoms with Crippen molar-refractivity contribution in [3.63, 3.8) is 0 Å². The molecule has 1 spiro atoms. The molecular weight excluding hydrogens is 503 g/mol. The fraction of sp³-hybridized carbons (Fsp3) is 0.794. The number of Topliss-reactive ketones (excluding diaryl/α,β-unsaturated/α-hetero) is 1. The van der Waals surface area contributed by atoms with Crippen molar-refractivity contribution in [2.75, 3.05) is 0 Å². The van der Waals surface area contributed by atoms with Gasteiger partial charge >= 0.3 is 5.97 Å². The number of halogens is 1. The quantitative estimate of drug-likeness (QED) is 0.273. The van der Waals surface area contributed by atoms with Crippen LogP contribution in [0.5, 0.6) is 0 Å². The molecule has 0 radical (unpaired) electrons. The normalized spacial score (nSPS) is 53.8. The Morgan fingerprint density at radius 1 is 1.02 bits per heavy atom. The standard InChI is InChI=1S/C34H47FN2O3/c1-20-8-11-33-13-12-32(7)31(6)10-9-23-29(3,4)27(38)22(18-37-15-14-36-19-37)17-30(23,5)24(31)16-25(35)34(32,40-28(33)39)26(33)21(20)2/h14-15,18-21,23-26H,8-13,16-17H2,1-7H3/b22-18-/t20-,21+,23+,24-,25-,26-,30+,31-,32+,33+,34+/m1/s1. The van der Waals surface area contributed by atoms with Gasteiger partial charge in [-0.25, -0.2) is 9.37 Å². The zero-order chi connectivity index (χ0) is 28.7. The van der Waals surface area contributed by atoms with Crippen LogP contribution in [0.3, 0.4) is 0 Å². The number of hydrogen-bond acceptors (Lipinski definition) is 4. The van der Waals surface area contributed by atoms with Crippen molar-refractivity contribution in [3.05, 3.63) is 24.3 Å². The van der Waals surface area contributed by atoms with Crippen molar-refractivity contribution in [1.29, 1.82) is 0 Å². The molecule has 7 rings (SSSR count). The second-order valence-corrected chi connectivity index (χ2v) is 16.2. The molecule has 5 aliphatic carbocycles. The van der Waals surface area contributed by atoms with Gasteiger partial charge in [0.2, 0.25) is 0 Å². The van der Waals surface area contributed by atoms with Crippen LogP contribution < -0.4 is 0 Å². The highest BCUT2D eigenvalue weighted by Crippen LogP contribution is 2.81. The lowest BCUT2D eigenvalue weighted by Gasteiger charge is -2.74. The summed E-state index contributed by atoms with van der Waals surface area (Å²) in [5.41, 5.74) is -2.18. The van der Waals surface area contributed by atoms with Crippen LogP contribution in [0, 0.1) is 56.7 Å². The van der Waals surface area contributed by atoms with Crippen LogP contribution >= 0.6 is 0 Å². The summed E-state index contributed by atoms with van der Waals surface area (Å²) in [6.07, 6.45) is 12.5. The van der Waals surface area contributed by atoms with Gasteiger partial charge in [0.15, 0.2) is 11.4 Å². The summed E-state index contributed by atoms with van der Waals surface area (Å²) in [7, 11) is 0. The number of imidazole rings is 1. The van der Waals surface area contributed by atoms with Gasteiger partial charge in [-0.15, -0.1) is 0 Å². The third kappa shape index (κ3) is 2.78. The molecule has 2 heterocycles. The Labute approximate surface area is 238 Å². The molecule has 1 aliphatic heterocycles. The number of ether oxygens (including phenoxy) is 1. The maximum absolute atomic E-state index is 17.5. The van der Waals surface area contributed by atoms with Crippen molar-refractivity contribution in [2.45, 2.75) is 112 Å². The lowest BCUT2D eigenvalue weighted by atomic mass is 9.30. The molecule has 1 aromatic heterocycles. The van der Waals surface area contributed by atoms with Gasteiger partial charge in [0.05, 0.1) is 11.7 Å². The van der Waals surface area contributed by atoms with Gasteiger partial charge in [-0.2, -0.15) is 0 Å². The number of rotatable bonds is 1. The van der Waals surface area contributed by atoms with Gasteiger partial charge in [0, 0.05) is 40.9 Å². The molecule has 5 nitrogen and oxygen atoms in total. The van der Waals surface area contributed by atoms with Gasteiger partial charge in [-0.1, -0.05) is 48.5 Å². The van der Waals surface area contributed by atoms with Crippen LogP contribution in [0.25, 0.3) is 6.20 Å². The van der Waals surface area contributed by atoms with Gasteiger partial charge in [-0.05, 0) is 85.9 Å². The zero-order valence-electron chi connectivity index (χ0n) is 25.4. The molecule has 0 N–H and O–H groups in total. The lowest BCUT2D eigenvalue weighted by molar-refractivity contribution is -0.303. The third-order valence-electron chi connectivity index (χ3n) is 14.8. The Balaban J connectivity index is 1.37. The summed E-state index contributed by atoms with van der Waals surface area (Å²) < 4.78 is 25.9. The van der Waals surface area contributed by atoms with E-state index >= 15 is 4.39 Å². The number of aromatic nitrogens is 2. The van der Waals surface area contributed by atoms with E-state index in [-0.39, 0.29) is 46.3 Å². The van der Waals surface area contributed by atoms with Crippen molar-refractivity contribution in [2.24, 2.45) is 56.7 Å². The molecule has 1 saturated heterocycles. The summed E-state index contributed by atoms with van der Waals surface area (Å²) >= 11 is 0. The molecule has 218 valence electrons. The Bertz CT molecular complexity index is 1300. The molecule has 0 unspecified atom stereocenters. The first-order valence-corrected chi connectivity index (χ1v) is 15.8. The lowest BCUT2D eigenvalue weighted by Crippen LogP contribution is -2.76. The van der Waals surface area contributed by atoms with Crippen molar-refractivity contribution in [3.8, 4) is 0 Å². The smallest absolute Gasteiger partial charge is 0.313 e. The van der Waals surface area contributed by atoms with E-state index in [1.807, 2.05) is 17.0 Å². The van der Waals surface area contributed by atoms with E-state index in [0.717, 1.165) is 44.1 Å². The molecule has 2 bridgehead atoms. The molecule has 6 heteroatoms. The number of fused-ring (bicyclic) bond motifs is 4. The topological polar surface area (TPSA) is 61.2 Å². The molecule has 0 aromatic carbocycles. The predicted octanol–water partition coefficient (Wildman–Crippen LogP) is 7.27. The number of carbonyl (C=O) groups is 2. The Kier molecular flexibility index (Phi) is 5.30. The molecule has 5 saturated carbocycles. The van der Waals surface area contributed by atoms with Crippen molar-refractivity contribution >= 4 is 18.0 Å². The zero-order valence-corrected chi connectivity index (χ0v) is 25.4. The number of hydrogen-bond donors (Lipinski definition) is 0. The summed E-state index contributed by atoms with van der Waals surface area (Å²) in [6, 6.07) is 0. The summed E-state index contributed by atoms with van der Waals surface area (Å²) in [6.45, 7) is 15.8. The van der Waals surface area contributed by atoms with E-state index in [2.05, 4.69) is 53.5 Å². The molecule has 0 amide bonds. The van der Waals surface area contributed by atoms with E-state index in [4.69, 9.17) is 4.74 Å². The van der Waals surface area contributed by atoms with Crippen molar-refractivity contribution in [1.82, 2.24) is 9.55 Å². The van der Waals surface area contributed by atoms with Gasteiger partial charge in [0.1, 0.15) is 6.17 Å². The predicted molar refractivity (Wildman–Crippen MR) is 151 cm³/mol. The largest absolute Gasteiger partial charge is 0.455 e. The SMILES string of the molecule is C[C@H]1[C@H](C)CC[C@@]23CC[C@]4(C)[C@](OC2=O)([C@H](F)C[C@@H]2[C@@]5(C)C/C(=C/n6ccnc6)C(=O)C(C)(C)[C@@H]5CC[C@]24C)[C@H]13. The third-order valence-corrected chi connectivity index (χ3v) is 14.8. The second-order valence-electron chi connectivity index (χ2n) is 16.2. The summed E-state index contributed by atoms with van der Waals surface area (Å²) in [5.74, 6) is 1.01. The molecule has 6 fully saturated rings. The van der Waals surface area contributed by atoms with Crippen LogP contribution in [0.15, 0.2) is 24.3 Å². The van der Waals surface area contributed by atoms with Crippen LogP contribution in [0.4, 0.5) is 4.39 Å². The second kappa shape index (κ2) is 7.89. The molecule has 40 heavy (non-hydrogen) atoms. The first kappa shape index (κ1) is 26.9. The fourth-order valence-electron chi connectivity index (χ4n) is 12.5. The fourth-order valence-corrected chi connectivity index (χ4v) is 12.5. The minimum Gasteiger partial charge on any atom is -0.455 e. The maximum Gasteiger partial charge on any atom is 0.313 e. The minimum atomic E-state index is -1.20. The van der Waals surface area contributed by atoms with Gasteiger partial charge in [0.25, 0.3) is 0 Å². The highest BCUT2D eigenvalue weighted by molar-refractivity contribution is 6.03. The number of allylic oxidation sites excluding steroid dienone is 1. The van der Waals surface area contributed by atoms with Crippen molar-refractivity contribution < 1.29 is 18.7 Å². The molecule has 11 atom stereocenters. The van der Waals surface area contributed by atoms with Gasteiger partial charge < -0.3 is 9.30 Å². The maximum atomic E-state index is 17.5. The number of esters is 1. The van der Waals surface area contributed by atoms with E-state index in [0.29, 0.717) is 18.8 Å². The van der Waals surface area contributed by atoms with Crippen LogP contribution in [-0.4, -0.2) is 33.1 Å². The Morgan fingerprint density at radius 3 is 2.48 bits per heavy atom. The average molecular weight is 551 g/mol. The van der Waals surface area contributed by atoms with Gasteiger partial charge in [-0.3, -0.25) is 9.59 Å².